The van der Waals surface area contributed by atoms with Gasteiger partial charge in [-0.25, -0.2) is 0 Å². The smallest absolute Gasteiger partial charge is 0.230 e. The van der Waals surface area contributed by atoms with E-state index in [9.17, 15) is 4.79 Å². The van der Waals surface area contributed by atoms with Crippen molar-refractivity contribution in [3.8, 4) is 11.4 Å². The first-order chi connectivity index (χ1) is 12.3. The van der Waals surface area contributed by atoms with E-state index in [1.807, 2.05) is 42.5 Å². The molecule has 4 rings (SSSR count). The van der Waals surface area contributed by atoms with Crippen LogP contribution in [0.1, 0.15) is 25.7 Å². The Hall–Kier alpha value is -2.41. The Morgan fingerprint density at radius 2 is 1.92 bits per heavy atom. The number of nitrogens with zero attached hydrogens (tertiary/aromatic N) is 4. The molecule has 1 aromatic carbocycles. The largest absolute Gasteiger partial charge is 0.353 e. The highest BCUT2D eigenvalue weighted by Gasteiger charge is 2.17. The van der Waals surface area contributed by atoms with Crippen molar-refractivity contribution in [2.75, 3.05) is 5.75 Å². The number of nitrogens with one attached hydrogen (secondary N) is 1. The first-order valence-electron chi connectivity index (χ1n) is 8.50. The van der Waals surface area contributed by atoms with Crippen molar-refractivity contribution in [3.63, 3.8) is 0 Å². The summed E-state index contributed by atoms with van der Waals surface area (Å²) in [6.07, 6.45) is 4.63. The van der Waals surface area contributed by atoms with Crippen LogP contribution in [0, 0.1) is 0 Å². The van der Waals surface area contributed by atoms with E-state index in [-0.39, 0.29) is 5.91 Å². The topological polar surface area (TPSA) is 72.2 Å². The molecule has 6 nitrogen and oxygen atoms in total. The zero-order valence-corrected chi connectivity index (χ0v) is 14.6. The van der Waals surface area contributed by atoms with E-state index >= 15 is 0 Å². The number of aromatic nitrogens is 4. The molecule has 3 aromatic rings. The highest BCUT2D eigenvalue weighted by atomic mass is 32.2. The SMILES string of the molecule is O=C(CSc1ccc2nnc(-c3ccccc3)n2n1)NC1CCCC1. The van der Waals surface area contributed by atoms with Crippen LogP contribution >= 0.6 is 11.8 Å². The molecule has 1 saturated carbocycles. The molecule has 1 amide bonds. The minimum atomic E-state index is 0.0748. The van der Waals surface area contributed by atoms with Crippen molar-refractivity contribution in [1.82, 2.24) is 25.1 Å². The summed E-state index contributed by atoms with van der Waals surface area (Å²) in [6.45, 7) is 0. The number of thioether (sulfide) groups is 1. The molecule has 0 radical (unpaired) electrons. The number of hydrogen-bond acceptors (Lipinski definition) is 5. The van der Waals surface area contributed by atoms with Gasteiger partial charge in [0.15, 0.2) is 11.5 Å². The minimum absolute atomic E-state index is 0.0748. The molecule has 0 spiro atoms. The first kappa shape index (κ1) is 16.1. The number of amides is 1. The van der Waals surface area contributed by atoms with Gasteiger partial charge in [-0.1, -0.05) is 54.9 Å². The van der Waals surface area contributed by atoms with Crippen molar-refractivity contribution in [2.45, 2.75) is 36.8 Å². The van der Waals surface area contributed by atoms with Crippen LogP contribution < -0.4 is 5.32 Å². The van der Waals surface area contributed by atoms with Gasteiger partial charge in [0.25, 0.3) is 0 Å². The van der Waals surface area contributed by atoms with Crippen LogP contribution in [0.5, 0.6) is 0 Å². The van der Waals surface area contributed by atoms with E-state index in [4.69, 9.17) is 0 Å². The summed E-state index contributed by atoms with van der Waals surface area (Å²) in [5.74, 6) is 1.15. The lowest BCUT2D eigenvalue weighted by molar-refractivity contribution is -0.119. The van der Waals surface area contributed by atoms with Gasteiger partial charge in [-0.2, -0.15) is 9.61 Å². The molecule has 7 heteroatoms. The lowest BCUT2D eigenvalue weighted by Gasteiger charge is -2.11. The fraction of sp³-hybridized carbons (Fsp3) is 0.333. The van der Waals surface area contributed by atoms with Gasteiger partial charge in [0.1, 0.15) is 5.03 Å². The number of carbonyl (C=O) groups is 1. The molecule has 25 heavy (non-hydrogen) atoms. The number of carbonyl (C=O) groups excluding carboxylic acids is 1. The third-order valence-electron chi connectivity index (χ3n) is 4.34. The lowest BCUT2D eigenvalue weighted by Crippen LogP contribution is -2.33. The summed E-state index contributed by atoms with van der Waals surface area (Å²) < 4.78 is 1.73. The summed E-state index contributed by atoms with van der Waals surface area (Å²) in [5.41, 5.74) is 1.65. The van der Waals surface area contributed by atoms with Crippen molar-refractivity contribution < 1.29 is 4.79 Å². The predicted octanol–water partition coefficient (Wildman–Crippen LogP) is 2.94. The molecule has 0 bridgehead atoms. The highest BCUT2D eigenvalue weighted by Crippen LogP contribution is 2.21. The molecule has 2 heterocycles. The Balaban J connectivity index is 1.48. The second kappa shape index (κ2) is 7.23. The van der Waals surface area contributed by atoms with E-state index in [1.54, 1.807) is 4.52 Å². The Bertz CT molecular complexity index is 874. The van der Waals surface area contributed by atoms with Gasteiger partial charge in [0, 0.05) is 11.6 Å². The van der Waals surface area contributed by atoms with Gasteiger partial charge < -0.3 is 5.32 Å². The average Bonchev–Trinajstić information content (AvgIpc) is 3.30. The third kappa shape index (κ3) is 3.66. The lowest BCUT2D eigenvalue weighted by atomic mass is 10.2. The van der Waals surface area contributed by atoms with Crippen molar-refractivity contribution in [1.29, 1.82) is 0 Å². The highest BCUT2D eigenvalue weighted by molar-refractivity contribution is 7.99. The normalized spacial score (nSPS) is 14.9. The number of rotatable bonds is 5. The standard InChI is InChI=1S/C18H19N5OS/c24-16(19-14-8-4-5-9-14)12-25-17-11-10-15-20-21-18(23(15)22-17)13-6-2-1-3-7-13/h1-3,6-7,10-11,14H,4-5,8-9,12H2,(H,19,24). The van der Waals surface area contributed by atoms with Gasteiger partial charge in [0.2, 0.25) is 5.91 Å². The summed E-state index contributed by atoms with van der Waals surface area (Å²) >= 11 is 1.43. The van der Waals surface area contributed by atoms with E-state index in [1.165, 1.54) is 24.6 Å². The van der Waals surface area contributed by atoms with Crippen molar-refractivity contribution in [3.05, 3.63) is 42.5 Å². The third-order valence-corrected chi connectivity index (χ3v) is 5.26. The molecule has 1 aliphatic rings. The zero-order valence-electron chi connectivity index (χ0n) is 13.8. The summed E-state index contributed by atoms with van der Waals surface area (Å²) in [7, 11) is 0. The second-order valence-corrected chi connectivity index (χ2v) is 7.16. The van der Waals surface area contributed by atoms with Crippen LogP contribution in [-0.2, 0) is 4.79 Å². The quantitative estimate of drug-likeness (QED) is 0.714. The maximum Gasteiger partial charge on any atom is 0.230 e. The number of fused-ring (bicyclic) bond motifs is 1. The van der Waals surface area contributed by atoms with E-state index in [2.05, 4.69) is 20.6 Å². The fourth-order valence-electron chi connectivity index (χ4n) is 3.10. The first-order valence-corrected chi connectivity index (χ1v) is 9.48. The Morgan fingerprint density at radius 3 is 2.72 bits per heavy atom. The Morgan fingerprint density at radius 1 is 1.12 bits per heavy atom. The molecule has 0 saturated heterocycles. The van der Waals surface area contributed by atoms with Crippen LogP contribution in [0.15, 0.2) is 47.5 Å². The molecule has 2 aromatic heterocycles. The molecule has 1 aliphatic carbocycles. The molecule has 0 atom stereocenters. The van der Waals surface area contributed by atoms with Crippen LogP contribution in [-0.4, -0.2) is 37.5 Å². The zero-order chi connectivity index (χ0) is 17.1. The summed E-state index contributed by atoms with van der Waals surface area (Å²) in [5, 5.41) is 16.9. The van der Waals surface area contributed by atoms with Crippen molar-refractivity contribution >= 4 is 23.3 Å². The number of benzene rings is 1. The fourth-order valence-corrected chi connectivity index (χ4v) is 3.76. The molecule has 0 unspecified atom stereocenters. The second-order valence-electron chi connectivity index (χ2n) is 6.17. The molecule has 1 fully saturated rings. The number of hydrogen-bond donors (Lipinski definition) is 1. The van der Waals surface area contributed by atoms with Gasteiger partial charge in [-0.15, -0.1) is 10.2 Å². The Labute approximate surface area is 150 Å². The van der Waals surface area contributed by atoms with Gasteiger partial charge in [-0.3, -0.25) is 4.79 Å². The van der Waals surface area contributed by atoms with Gasteiger partial charge in [0.05, 0.1) is 5.75 Å². The monoisotopic (exact) mass is 353 g/mol. The maximum absolute atomic E-state index is 12.1. The molecule has 1 N–H and O–H groups in total. The van der Waals surface area contributed by atoms with Crippen LogP contribution in [0.4, 0.5) is 0 Å². The van der Waals surface area contributed by atoms with Crippen LogP contribution in [0.2, 0.25) is 0 Å². The Kier molecular flexibility index (Phi) is 4.65. The minimum Gasteiger partial charge on any atom is -0.353 e. The predicted molar refractivity (Wildman–Crippen MR) is 97.3 cm³/mol. The molecular weight excluding hydrogens is 334 g/mol. The molecule has 0 aliphatic heterocycles. The molecular formula is C18H19N5OS. The van der Waals surface area contributed by atoms with Crippen molar-refractivity contribution in [2.24, 2.45) is 0 Å². The van der Waals surface area contributed by atoms with Gasteiger partial charge in [-0.05, 0) is 25.0 Å². The summed E-state index contributed by atoms with van der Waals surface area (Å²) in [4.78, 5) is 12.1. The maximum atomic E-state index is 12.1. The molecule has 128 valence electrons. The van der Waals surface area contributed by atoms with Crippen LogP contribution in [0.25, 0.3) is 17.0 Å². The van der Waals surface area contributed by atoms with E-state index in [0.717, 1.165) is 23.4 Å². The average molecular weight is 353 g/mol. The van der Waals surface area contributed by atoms with Crippen LogP contribution in [0.3, 0.4) is 0 Å². The van der Waals surface area contributed by atoms with Gasteiger partial charge >= 0.3 is 0 Å². The van der Waals surface area contributed by atoms with E-state index in [0.29, 0.717) is 23.3 Å². The summed E-state index contributed by atoms with van der Waals surface area (Å²) in [6, 6.07) is 14.0. The van der Waals surface area contributed by atoms with E-state index < -0.39 is 0 Å².